The number of rotatable bonds is 9. The minimum absolute atomic E-state index is 0.00569. The summed E-state index contributed by atoms with van der Waals surface area (Å²) in [6.45, 7) is 6.25. The summed E-state index contributed by atoms with van der Waals surface area (Å²) in [5.41, 5.74) is 0. The molecule has 0 saturated heterocycles. The lowest BCUT2D eigenvalue weighted by Gasteiger charge is -2.22. The third-order valence-corrected chi connectivity index (χ3v) is 2.12. The van der Waals surface area contributed by atoms with Gasteiger partial charge in [-0.3, -0.25) is 0 Å². The Morgan fingerprint density at radius 2 is 1.67 bits per heavy atom. The van der Waals surface area contributed by atoms with Gasteiger partial charge >= 0.3 is 0 Å². The largest absolute Gasteiger partial charge is 0.394 e. The first-order chi connectivity index (χ1) is 7.13. The monoisotopic (exact) mass is 220 g/mol. The van der Waals surface area contributed by atoms with Crippen LogP contribution in [0.1, 0.15) is 33.6 Å². The van der Waals surface area contributed by atoms with Gasteiger partial charge in [-0.25, -0.2) is 0 Å². The highest BCUT2D eigenvalue weighted by atomic mass is 16.5. The highest BCUT2D eigenvalue weighted by molar-refractivity contribution is 4.60. The Hall–Kier alpha value is -0.160. The molecule has 0 aromatic heterocycles. The highest BCUT2D eigenvalue weighted by Gasteiger charge is 2.13. The Bertz CT molecular complexity index is 141. The van der Waals surface area contributed by atoms with Gasteiger partial charge in [0.05, 0.1) is 38.1 Å². The van der Waals surface area contributed by atoms with Crippen LogP contribution in [0, 0.1) is 0 Å². The van der Waals surface area contributed by atoms with Gasteiger partial charge in [-0.1, -0.05) is 13.3 Å². The Kier molecular flexibility index (Phi) is 9.00. The van der Waals surface area contributed by atoms with E-state index in [-0.39, 0.29) is 31.5 Å². The van der Waals surface area contributed by atoms with E-state index in [2.05, 4.69) is 6.92 Å². The molecule has 92 valence electrons. The van der Waals surface area contributed by atoms with Crippen LogP contribution in [0.15, 0.2) is 0 Å². The lowest BCUT2D eigenvalue weighted by Crippen LogP contribution is -2.29. The number of aliphatic hydroxyl groups is 2. The minimum atomic E-state index is -0.158. The third-order valence-electron chi connectivity index (χ3n) is 2.12. The van der Waals surface area contributed by atoms with Gasteiger partial charge in [0.25, 0.3) is 0 Å². The van der Waals surface area contributed by atoms with Crippen LogP contribution >= 0.6 is 0 Å². The normalized spacial score (nSPS) is 17.4. The van der Waals surface area contributed by atoms with Crippen molar-refractivity contribution >= 4 is 0 Å². The molecule has 3 unspecified atom stereocenters. The van der Waals surface area contributed by atoms with E-state index in [0.717, 1.165) is 12.8 Å². The maximum absolute atomic E-state index is 8.87. The van der Waals surface area contributed by atoms with Gasteiger partial charge in [0.2, 0.25) is 0 Å². The molecule has 0 rings (SSSR count). The van der Waals surface area contributed by atoms with Crippen LogP contribution in [0.25, 0.3) is 0 Å². The molecule has 15 heavy (non-hydrogen) atoms. The molecule has 0 aromatic rings. The van der Waals surface area contributed by atoms with Crippen molar-refractivity contribution in [2.24, 2.45) is 0 Å². The van der Waals surface area contributed by atoms with Crippen LogP contribution < -0.4 is 0 Å². The summed E-state index contributed by atoms with van der Waals surface area (Å²) in [6, 6.07) is 0. The predicted molar refractivity (Wildman–Crippen MR) is 58.8 cm³/mol. The summed E-state index contributed by atoms with van der Waals surface area (Å²) in [5, 5.41) is 17.7. The van der Waals surface area contributed by atoms with Crippen molar-refractivity contribution in [3.05, 3.63) is 0 Å². The van der Waals surface area contributed by atoms with Crippen LogP contribution in [0.2, 0.25) is 0 Å². The zero-order valence-electron chi connectivity index (χ0n) is 9.98. The van der Waals surface area contributed by atoms with Crippen LogP contribution in [-0.4, -0.2) is 48.3 Å². The second kappa shape index (κ2) is 9.09. The lowest BCUT2D eigenvalue weighted by atomic mass is 10.2. The molecular weight excluding hydrogens is 196 g/mol. The fourth-order valence-corrected chi connectivity index (χ4v) is 1.21. The molecule has 4 heteroatoms. The fraction of sp³-hybridized carbons (Fsp3) is 1.00. The Morgan fingerprint density at radius 1 is 1.07 bits per heavy atom. The molecule has 0 amide bonds. The van der Waals surface area contributed by atoms with Gasteiger partial charge in [-0.2, -0.15) is 0 Å². The fourth-order valence-electron chi connectivity index (χ4n) is 1.21. The number of hydrogen-bond donors (Lipinski definition) is 2. The SMILES string of the molecule is CCCC(COC(C)CO)OC(C)CO. The van der Waals surface area contributed by atoms with Crippen molar-refractivity contribution in [1.82, 2.24) is 0 Å². The maximum Gasteiger partial charge on any atom is 0.0813 e. The van der Waals surface area contributed by atoms with E-state index in [0.29, 0.717) is 6.61 Å². The number of aliphatic hydroxyl groups excluding tert-OH is 2. The molecule has 0 aromatic carbocycles. The van der Waals surface area contributed by atoms with E-state index in [4.69, 9.17) is 19.7 Å². The second-order valence-corrected chi connectivity index (χ2v) is 3.87. The Balaban J connectivity index is 3.81. The van der Waals surface area contributed by atoms with Crippen molar-refractivity contribution < 1.29 is 19.7 Å². The first-order valence-electron chi connectivity index (χ1n) is 5.62. The molecule has 0 fully saturated rings. The summed E-state index contributed by atoms with van der Waals surface area (Å²) in [7, 11) is 0. The van der Waals surface area contributed by atoms with Gasteiger partial charge < -0.3 is 19.7 Å². The first kappa shape index (κ1) is 14.8. The lowest BCUT2D eigenvalue weighted by molar-refractivity contribution is -0.0886. The van der Waals surface area contributed by atoms with E-state index in [1.54, 1.807) is 0 Å². The molecule has 0 spiro atoms. The first-order valence-corrected chi connectivity index (χ1v) is 5.62. The van der Waals surface area contributed by atoms with Crippen LogP contribution in [0.4, 0.5) is 0 Å². The molecule has 0 bridgehead atoms. The molecule has 0 aliphatic heterocycles. The van der Waals surface area contributed by atoms with Gasteiger partial charge in [0, 0.05) is 0 Å². The average molecular weight is 220 g/mol. The summed E-state index contributed by atoms with van der Waals surface area (Å²) in [4.78, 5) is 0. The molecule has 2 N–H and O–H groups in total. The molecule has 0 aliphatic carbocycles. The molecule has 3 atom stereocenters. The number of hydrogen-bond acceptors (Lipinski definition) is 4. The third kappa shape index (κ3) is 7.73. The van der Waals surface area contributed by atoms with E-state index in [9.17, 15) is 0 Å². The Morgan fingerprint density at radius 3 is 2.13 bits per heavy atom. The van der Waals surface area contributed by atoms with Crippen molar-refractivity contribution in [1.29, 1.82) is 0 Å². The summed E-state index contributed by atoms with van der Waals surface area (Å²) < 4.78 is 11.0. The zero-order chi connectivity index (χ0) is 11.7. The second-order valence-electron chi connectivity index (χ2n) is 3.87. The van der Waals surface area contributed by atoms with Crippen LogP contribution in [0.3, 0.4) is 0 Å². The van der Waals surface area contributed by atoms with Crippen molar-refractivity contribution in [2.45, 2.75) is 51.9 Å². The van der Waals surface area contributed by atoms with Crippen molar-refractivity contribution in [3.8, 4) is 0 Å². The van der Waals surface area contributed by atoms with Crippen LogP contribution in [0.5, 0.6) is 0 Å². The van der Waals surface area contributed by atoms with E-state index in [1.807, 2.05) is 13.8 Å². The van der Waals surface area contributed by atoms with Gasteiger partial charge in [-0.05, 0) is 20.3 Å². The van der Waals surface area contributed by atoms with Gasteiger partial charge in [0.1, 0.15) is 0 Å². The molecule has 0 heterocycles. The average Bonchev–Trinajstić information content (AvgIpc) is 2.25. The molecule has 0 radical (unpaired) electrons. The summed E-state index contributed by atoms with van der Waals surface area (Å²) >= 11 is 0. The summed E-state index contributed by atoms with van der Waals surface area (Å²) in [5.74, 6) is 0. The summed E-state index contributed by atoms with van der Waals surface area (Å²) in [6.07, 6.45) is 1.61. The predicted octanol–water partition coefficient (Wildman–Crippen LogP) is 0.950. The molecular formula is C11H24O4. The Labute approximate surface area is 92.2 Å². The van der Waals surface area contributed by atoms with E-state index >= 15 is 0 Å². The standard InChI is InChI=1S/C11H24O4/c1-4-5-11(15-10(3)7-13)8-14-9(2)6-12/h9-13H,4-8H2,1-3H3. The maximum atomic E-state index is 8.87. The molecule has 0 saturated carbocycles. The van der Waals surface area contributed by atoms with Crippen LogP contribution in [-0.2, 0) is 9.47 Å². The smallest absolute Gasteiger partial charge is 0.0813 e. The van der Waals surface area contributed by atoms with Gasteiger partial charge in [-0.15, -0.1) is 0 Å². The molecule has 4 nitrogen and oxygen atoms in total. The van der Waals surface area contributed by atoms with Crippen molar-refractivity contribution in [2.75, 3.05) is 19.8 Å². The topological polar surface area (TPSA) is 58.9 Å². The molecule has 0 aliphatic rings. The zero-order valence-corrected chi connectivity index (χ0v) is 9.98. The van der Waals surface area contributed by atoms with E-state index < -0.39 is 0 Å². The van der Waals surface area contributed by atoms with Gasteiger partial charge in [0.15, 0.2) is 0 Å². The minimum Gasteiger partial charge on any atom is -0.394 e. The van der Waals surface area contributed by atoms with Crippen molar-refractivity contribution in [3.63, 3.8) is 0 Å². The van der Waals surface area contributed by atoms with E-state index in [1.165, 1.54) is 0 Å². The quantitative estimate of drug-likeness (QED) is 0.607. The highest BCUT2D eigenvalue weighted by Crippen LogP contribution is 2.07. The number of ether oxygens (including phenoxy) is 2.